The second-order valence-corrected chi connectivity index (χ2v) is 6.64. The van der Waals surface area contributed by atoms with Crippen LogP contribution in [0.3, 0.4) is 0 Å². The summed E-state index contributed by atoms with van der Waals surface area (Å²) in [6, 6.07) is 10.00. The maximum Gasteiger partial charge on any atom is 0.128 e. The van der Waals surface area contributed by atoms with Gasteiger partial charge in [0.05, 0.1) is 23.0 Å². The molecule has 0 spiro atoms. The van der Waals surface area contributed by atoms with Crippen LogP contribution in [0.25, 0.3) is 11.0 Å². The summed E-state index contributed by atoms with van der Waals surface area (Å²) in [5.74, 6) is 0.808. The number of rotatable bonds is 3. The van der Waals surface area contributed by atoms with Crippen LogP contribution >= 0.6 is 22.9 Å². The number of nitrogens with zero attached hydrogens (tertiary/aromatic N) is 3. The lowest BCUT2D eigenvalue weighted by Crippen LogP contribution is -2.05. The number of nitriles is 1. The van der Waals surface area contributed by atoms with Crippen molar-refractivity contribution in [2.75, 3.05) is 0 Å². The molecule has 1 unspecified atom stereocenters. The molecule has 0 amide bonds. The number of imidazole rings is 1. The maximum absolute atomic E-state index is 9.24. The van der Waals surface area contributed by atoms with Crippen LogP contribution in [0.15, 0.2) is 29.6 Å². The van der Waals surface area contributed by atoms with E-state index in [0.29, 0.717) is 5.56 Å². The molecule has 21 heavy (non-hydrogen) atoms. The van der Waals surface area contributed by atoms with E-state index in [1.54, 1.807) is 17.4 Å². The highest BCUT2D eigenvalue weighted by atomic mass is 35.5. The smallest absolute Gasteiger partial charge is 0.128 e. The minimum absolute atomic E-state index is 0.204. The van der Waals surface area contributed by atoms with Crippen LogP contribution in [0.4, 0.5) is 0 Å². The molecule has 0 radical (unpaired) electrons. The topological polar surface area (TPSA) is 41.6 Å². The van der Waals surface area contributed by atoms with E-state index in [9.17, 15) is 5.26 Å². The van der Waals surface area contributed by atoms with Crippen LogP contribution in [0.2, 0.25) is 0 Å². The van der Waals surface area contributed by atoms with Gasteiger partial charge in [-0.3, -0.25) is 0 Å². The summed E-state index contributed by atoms with van der Waals surface area (Å²) in [4.78, 5) is 5.89. The molecule has 0 aliphatic rings. The maximum atomic E-state index is 9.24. The van der Waals surface area contributed by atoms with Crippen LogP contribution in [0.5, 0.6) is 0 Å². The number of alkyl halides is 1. The van der Waals surface area contributed by atoms with Gasteiger partial charge in [0.15, 0.2) is 0 Å². The van der Waals surface area contributed by atoms with E-state index in [2.05, 4.69) is 34.0 Å². The summed E-state index contributed by atoms with van der Waals surface area (Å²) in [7, 11) is 0. The first kappa shape index (κ1) is 14.1. The van der Waals surface area contributed by atoms with E-state index in [0.717, 1.165) is 23.4 Å². The van der Waals surface area contributed by atoms with Gasteiger partial charge in [-0.2, -0.15) is 5.26 Å². The Morgan fingerprint density at radius 1 is 1.43 bits per heavy atom. The average molecular weight is 316 g/mol. The van der Waals surface area contributed by atoms with Gasteiger partial charge in [-0.15, -0.1) is 22.9 Å². The van der Waals surface area contributed by atoms with Crippen LogP contribution in [-0.2, 0) is 6.54 Å². The zero-order valence-electron chi connectivity index (χ0n) is 11.8. The third kappa shape index (κ3) is 2.44. The number of aromatic nitrogens is 2. The first-order valence-electron chi connectivity index (χ1n) is 6.68. The largest absolute Gasteiger partial charge is 0.321 e. The first-order chi connectivity index (χ1) is 10.1. The van der Waals surface area contributed by atoms with Crippen molar-refractivity contribution in [3.05, 3.63) is 51.5 Å². The Labute approximate surface area is 132 Å². The highest BCUT2D eigenvalue weighted by Gasteiger charge is 2.18. The van der Waals surface area contributed by atoms with Crippen molar-refractivity contribution >= 4 is 34.0 Å². The van der Waals surface area contributed by atoms with E-state index < -0.39 is 0 Å². The number of fused-ring (bicyclic) bond motifs is 1. The summed E-state index contributed by atoms with van der Waals surface area (Å²) in [6.07, 6.45) is 0. The fourth-order valence-corrected chi connectivity index (χ4v) is 3.50. The molecule has 0 saturated heterocycles. The molecule has 0 aliphatic heterocycles. The summed E-state index contributed by atoms with van der Waals surface area (Å²) < 4.78 is 2.12. The molecule has 0 saturated carbocycles. The van der Waals surface area contributed by atoms with E-state index in [4.69, 9.17) is 11.6 Å². The summed E-state index contributed by atoms with van der Waals surface area (Å²) in [5.41, 5.74) is 3.56. The van der Waals surface area contributed by atoms with E-state index in [1.807, 2.05) is 19.1 Å². The predicted molar refractivity (Wildman–Crippen MR) is 86.9 cm³/mol. The van der Waals surface area contributed by atoms with Gasteiger partial charge in [0.25, 0.3) is 0 Å². The molecule has 0 bridgehead atoms. The van der Waals surface area contributed by atoms with E-state index in [1.165, 1.54) is 10.4 Å². The van der Waals surface area contributed by atoms with Crippen molar-refractivity contribution in [2.24, 2.45) is 0 Å². The second-order valence-electron chi connectivity index (χ2n) is 4.98. The van der Waals surface area contributed by atoms with Gasteiger partial charge in [0.2, 0.25) is 0 Å². The minimum atomic E-state index is -0.204. The number of aryl methyl sites for hydroxylation is 1. The minimum Gasteiger partial charge on any atom is -0.321 e. The molecule has 3 rings (SSSR count). The van der Waals surface area contributed by atoms with Gasteiger partial charge < -0.3 is 4.57 Å². The van der Waals surface area contributed by atoms with Gasteiger partial charge in [-0.1, -0.05) is 6.07 Å². The summed E-state index contributed by atoms with van der Waals surface area (Å²) >= 11 is 8.02. The molecule has 106 valence electrons. The normalized spacial score (nSPS) is 12.5. The molecule has 0 fully saturated rings. The molecule has 1 atom stereocenters. The predicted octanol–water partition coefficient (Wildman–Crippen LogP) is 4.63. The second kappa shape index (κ2) is 5.51. The molecule has 0 aliphatic carbocycles. The van der Waals surface area contributed by atoms with Gasteiger partial charge >= 0.3 is 0 Å². The van der Waals surface area contributed by atoms with Crippen LogP contribution in [0, 0.1) is 18.3 Å². The highest BCUT2D eigenvalue weighted by molar-refractivity contribution is 7.10. The standard InChI is InChI=1S/C16H14ClN3S/c1-10-6-7-21-14(10)9-20-13-5-3-4-12(8-18)15(13)19-16(20)11(2)17/h3-7,11H,9H2,1-2H3. The van der Waals surface area contributed by atoms with Crippen LogP contribution in [0.1, 0.15) is 34.1 Å². The van der Waals surface area contributed by atoms with Crippen LogP contribution in [-0.4, -0.2) is 9.55 Å². The number of benzene rings is 1. The number of para-hydroxylation sites is 1. The lowest BCUT2D eigenvalue weighted by atomic mass is 10.2. The lowest BCUT2D eigenvalue weighted by Gasteiger charge is -2.10. The molecule has 1 aromatic carbocycles. The molecule has 3 aromatic rings. The Bertz CT molecular complexity index is 839. The quantitative estimate of drug-likeness (QED) is 0.661. The Kier molecular flexibility index (Phi) is 3.71. The van der Waals surface area contributed by atoms with Crippen molar-refractivity contribution in [1.82, 2.24) is 9.55 Å². The number of hydrogen-bond donors (Lipinski definition) is 0. The summed E-state index contributed by atoms with van der Waals surface area (Å²) in [5, 5.41) is 11.1. The number of thiophene rings is 1. The monoisotopic (exact) mass is 315 g/mol. The third-order valence-corrected chi connectivity index (χ3v) is 4.76. The number of hydrogen-bond acceptors (Lipinski definition) is 3. The van der Waals surface area contributed by atoms with Crippen molar-refractivity contribution < 1.29 is 0 Å². The molecular weight excluding hydrogens is 302 g/mol. The van der Waals surface area contributed by atoms with Crippen molar-refractivity contribution in [3.8, 4) is 6.07 Å². The Balaban J connectivity index is 2.22. The van der Waals surface area contributed by atoms with E-state index in [-0.39, 0.29) is 5.38 Å². The van der Waals surface area contributed by atoms with Crippen molar-refractivity contribution in [2.45, 2.75) is 25.8 Å². The zero-order valence-corrected chi connectivity index (χ0v) is 13.4. The Morgan fingerprint density at radius 3 is 2.86 bits per heavy atom. The zero-order chi connectivity index (χ0) is 15.0. The average Bonchev–Trinajstić information content (AvgIpc) is 3.04. The molecule has 2 aromatic heterocycles. The fourth-order valence-electron chi connectivity index (χ4n) is 2.43. The molecule has 3 nitrogen and oxygen atoms in total. The van der Waals surface area contributed by atoms with Gasteiger partial charge in [0, 0.05) is 4.88 Å². The first-order valence-corrected chi connectivity index (χ1v) is 7.99. The third-order valence-electron chi connectivity index (χ3n) is 3.55. The SMILES string of the molecule is Cc1ccsc1Cn1c(C(C)Cl)nc2c(C#N)cccc21. The van der Waals surface area contributed by atoms with E-state index >= 15 is 0 Å². The fraction of sp³-hybridized carbons (Fsp3) is 0.250. The lowest BCUT2D eigenvalue weighted by molar-refractivity contribution is 0.748. The Hall–Kier alpha value is -1.83. The number of halogens is 1. The van der Waals surface area contributed by atoms with Crippen molar-refractivity contribution in [1.29, 1.82) is 5.26 Å². The molecular formula is C16H14ClN3S. The Morgan fingerprint density at radius 2 is 2.24 bits per heavy atom. The van der Waals surface area contributed by atoms with Gasteiger partial charge in [0.1, 0.15) is 17.4 Å². The molecule has 0 N–H and O–H groups in total. The summed E-state index contributed by atoms with van der Waals surface area (Å²) in [6.45, 7) is 4.75. The molecule has 2 heterocycles. The van der Waals surface area contributed by atoms with Crippen LogP contribution < -0.4 is 0 Å². The molecule has 5 heteroatoms. The van der Waals surface area contributed by atoms with Gasteiger partial charge in [-0.25, -0.2) is 4.98 Å². The van der Waals surface area contributed by atoms with Crippen molar-refractivity contribution in [3.63, 3.8) is 0 Å². The highest BCUT2D eigenvalue weighted by Crippen LogP contribution is 2.28. The van der Waals surface area contributed by atoms with Gasteiger partial charge in [-0.05, 0) is 43.0 Å².